The predicted octanol–water partition coefficient (Wildman–Crippen LogP) is 2.39. The molecular weight excluding hydrogens is 346 g/mol. The van der Waals surface area contributed by atoms with Crippen LogP contribution in [0.4, 0.5) is 26.3 Å². The van der Waals surface area contributed by atoms with E-state index in [-0.39, 0.29) is 0 Å². The number of benzene rings is 1. The molecule has 0 aliphatic heterocycles. The molecule has 22 heavy (non-hydrogen) atoms. The molecule has 124 valence electrons. The van der Waals surface area contributed by atoms with E-state index in [1.54, 1.807) is 0 Å². The van der Waals surface area contributed by atoms with Gasteiger partial charge in [-0.1, -0.05) is 6.07 Å². The molecule has 0 radical (unpaired) electrons. The highest BCUT2D eigenvalue weighted by molar-refractivity contribution is 7.86. The summed E-state index contributed by atoms with van der Waals surface area (Å²) in [5, 5.41) is -5.84. The Balaban J connectivity index is 3.19. The van der Waals surface area contributed by atoms with Crippen molar-refractivity contribution < 1.29 is 48.8 Å². The number of carbonyl (C=O) groups is 1. The van der Waals surface area contributed by atoms with Gasteiger partial charge in [0, 0.05) is 0 Å². The summed E-state index contributed by atoms with van der Waals surface area (Å²) < 4.78 is 109. The van der Waals surface area contributed by atoms with E-state index < -0.39 is 45.0 Å². The van der Waals surface area contributed by atoms with Crippen LogP contribution >= 0.6 is 0 Å². The lowest BCUT2D eigenvalue weighted by Crippen LogP contribution is -2.52. The minimum atomic E-state index is -6.53. The van der Waals surface area contributed by atoms with Crippen molar-refractivity contribution in [1.82, 2.24) is 0 Å². The lowest BCUT2D eigenvalue weighted by Gasteiger charge is -2.26. The fraction of sp³-hybridized carbons (Fsp3) is 0.300. The van der Waals surface area contributed by atoms with E-state index in [4.69, 9.17) is 4.55 Å². The molecule has 1 N–H and O–H groups in total. The van der Waals surface area contributed by atoms with Crippen molar-refractivity contribution in [3.63, 3.8) is 0 Å². The maximum Gasteiger partial charge on any atom is 0.432 e. The zero-order chi connectivity index (χ0) is 17.3. The van der Waals surface area contributed by atoms with Gasteiger partial charge < -0.3 is 4.74 Å². The Hall–Kier alpha value is -1.82. The lowest BCUT2D eigenvalue weighted by atomic mass is 10.2. The molecule has 0 saturated carbocycles. The highest BCUT2D eigenvalue weighted by Crippen LogP contribution is 2.38. The highest BCUT2D eigenvalue weighted by Gasteiger charge is 2.66. The van der Waals surface area contributed by atoms with Gasteiger partial charge >= 0.3 is 27.5 Å². The molecule has 1 unspecified atom stereocenters. The topological polar surface area (TPSA) is 80.7 Å². The van der Waals surface area contributed by atoms with Crippen molar-refractivity contribution in [3.05, 3.63) is 35.6 Å². The minimum absolute atomic E-state index is 0.390. The van der Waals surface area contributed by atoms with Gasteiger partial charge in [0.25, 0.3) is 6.10 Å². The number of esters is 1. The van der Waals surface area contributed by atoms with Crippen LogP contribution in [0.2, 0.25) is 0 Å². The molecule has 0 saturated heterocycles. The molecule has 1 aromatic rings. The van der Waals surface area contributed by atoms with E-state index in [0.29, 0.717) is 6.07 Å². The molecule has 12 heteroatoms. The normalized spacial score (nSPS) is 14.5. The Bertz CT molecular complexity index is 669. The minimum Gasteiger partial charge on any atom is -0.441 e. The van der Waals surface area contributed by atoms with Gasteiger partial charge in [-0.2, -0.15) is 30.4 Å². The third kappa shape index (κ3) is 3.88. The average molecular weight is 352 g/mol. The van der Waals surface area contributed by atoms with Crippen LogP contribution in [-0.4, -0.2) is 36.5 Å². The lowest BCUT2D eigenvalue weighted by molar-refractivity contribution is -0.248. The third-order valence-corrected chi connectivity index (χ3v) is 3.13. The molecule has 0 heterocycles. The molecule has 0 amide bonds. The van der Waals surface area contributed by atoms with E-state index in [1.165, 1.54) is 0 Å². The third-order valence-electron chi connectivity index (χ3n) is 2.23. The summed E-state index contributed by atoms with van der Waals surface area (Å²) in [7, 11) is -6.53. The van der Waals surface area contributed by atoms with Gasteiger partial charge in [0.05, 0.1) is 5.56 Å². The molecule has 0 bridgehead atoms. The van der Waals surface area contributed by atoms with Crippen molar-refractivity contribution >= 4 is 16.1 Å². The fourth-order valence-corrected chi connectivity index (χ4v) is 1.70. The van der Waals surface area contributed by atoms with E-state index in [1.807, 2.05) is 0 Å². The number of halogens is 6. The van der Waals surface area contributed by atoms with Gasteiger partial charge in [-0.05, 0) is 18.2 Å². The number of hydrogen-bond donors (Lipinski definition) is 1. The number of rotatable bonds is 4. The van der Waals surface area contributed by atoms with Crippen molar-refractivity contribution in [2.75, 3.05) is 0 Å². The van der Waals surface area contributed by atoms with Crippen molar-refractivity contribution in [1.29, 1.82) is 0 Å². The van der Waals surface area contributed by atoms with E-state index in [2.05, 4.69) is 4.74 Å². The zero-order valence-corrected chi connectivity index (χ0v) is 11.0. The molecule has 1 rings (SSSR count). The molecule has 0 spiro atoms. The van der Waals surface area contributed by atoms with Crippen molar-refractivity contribution in [2.24, 2.45) is 0 Å². The van der Waals surface area contributed by atoms with Gasteiger partial charge in [-0.15, -0.1) is 0 Å². The van der Waals surface area contributed by atoms with Gasteiger partial charge in [-0.25, -0.2) is 9.18 Å². The van der Waals surface area contributed by atoms with Crippen LogP contribution in [0.25, 0.3) is 0 Å². The van der Waals surface area contributed by atoms with Crippen LogP contribution < -0.4 is 0 Å². The van der Waals surface area contributed by atoms with Crippen molar-refractivity contribution in [2.45, 2.75) is 17.5 Å². The van der Waals surface area contributed by atoms with E-state index in [0.717, 1.165) is 18.2 Å². The Kier molecular flexibility index (Phi) is 4.77. The Labute approximate surface area is 119 Å². The largest absolute Gasteiger partial charge is 0.441 e. The second-order valence-corrected chi connectivity index (χ2v) is 5.37. The molecule has 0 fully saturated rings. The smallest absolute Gasteiger partial charge is 0.432 e. The van der Waals surface area contributed by atoms with Crippen LogP contribution in [0.1, 0.15) is 10.4 Å². The molecule has 1 aromatic carbocycles. The SMILES string of the molecule is O=C(OC(C(F)(F)F)C(F)(F)S(=O)(=O)O)c1cccc(F)c1. The molecular formula is C10H6F6O5S. The summed E-state index contributed by atoms with van der Waals surface area (Å²) in [5.74, 6) is -3.12. The summed E-state index contributed by atoms with van der Waals surface area (Å²) in [4.78, 5) is 11.3. The number of hydrogen-bond acceptors (Lipinski definition) is 4. The zero-order valence-electron chi connectivity index (χ0n) is 10.1. The van der Waals surface area contributed by atoms with Crippen molar-refractivity contribution in [3.8, 4) is 0 Å². The second-order valence-electron chi connectivity index (χ2n) is 3.87. The number of alkyl halides is 5. The highest BCUT2D eigenvalue weighted by atomic mass is 32.2. The summed E-state index contributed by atoms with van der Waals surface area (Å²) in [6.07, 6.45) is -10.5. The molecule has 0 aromatic heterocycles. The van der Waals surface area contributed by atoms with Gasteiger partial charge in [-0.3, -0.25) is 4.55 Å². The number of carbonyl (C=O) groups excluding carboxylic acids is 1. The van der Waals surface area contributed by atoms with Gasteiger partial charge in [0.2, 0.25) is 0 Å². The first-order valence-corrected chi connectivity index (χ1v) is 6.59. The molecule has 1 atom stereocenters. The summed E-state index contributed by atoms with van der Waals surface area (Å²) in [6, 6.07) is 2.84. The monoisotopic (exact) mass is 352 g/mol. The first-order chi connectivity index (χ1) is 9.76. The Morgan fingerprint density at radius 1 is 1.18 bits per heavy atom. The Morgan fingerprint density at radius 3 is 2.14 bits per heavy atom. The quantitative estimate of drug-likeness (QED) is 0.511. The maximum absolute atomic E-state index is 13.1. The summed E-state index contributed by atoms with van der Waals surface area (Å²) >= 11 is 0. The maximum atomic E-state index is 13.1. The van der Waals surface area contributed by atoms with E-state index >= 15 is 0 Å². The van der Waals surface area contributed by atoms with Crippen LogP contribution in [0.3, 0.4) is 0 Å². The molecule has 5 nitrogen and oxygen atoms in total. The average Bonchev–Trinajstić information content (AvgIpc) is 2.32. The number of ether oxygens (including phenoxy) is 1. The van der Waals surface area contributed by atoms with Crippen LogP contribution in [0.5, 0.6) is 0 Å². The van der Waals surface area contributed by atoms with Crippen LogP contribution in [-0.2, 0) is 14.9 Å². The Morgan fingerprint density at radius 2 is 1.73 bits per heavy atom. The molecule has 0 aliphatic carbocycles. The second kappa shape index (κ2) is 5.76. The van der Waals surface area contributed by atoms with Crippen LogP contribution in [0, 0.1) is 5.82 Å². The standard InChI is InChI=1S/C10H6F6O5S/c11-6-3-1-2-5(4-6)7(17)21-8(9(12,13)14)10(15,16)22(18,19)20/h1-4,8H,(H,18,19,20). The van der Waals surface area contributed by atoms with Gasteiger partial charge in [0.1, 0.15) is 5.82 Å². The van der Waals surface area contributed by atoms with E-state index in [9.17, 15) is 39.6 Å². The summed E-state index contributed by atoms with van der Waals surface area (Å²) in [6.45, 7) is 0. The summed E-state index contributed by atoms with van der Waals surface area (Å²) in [5.41, 5.74) is -0.861. The van der Waals surface area contributed by atoms with Gasteiger partial charge in [0.15, 0.2) is 0 Å². The van der Waals surface area contributed by atoms with Crippen LogP contribution in [0.15, 0.2) is 24.3 Å². The predicted molar refractivity (Wildman–Crippen MR) is 58.2 cm³/mol. The first kappa shape index (κ1) is 18.2. The fourth-order valence-electron chi connectivity index (χ4n) is 1.25. The molecule has 0 aliphatic rings. The first-order valence-electron chi connectivity index (χ1n) is 5.15.